The monoisotopic (exact) mass is 301 g/mol. The lowest BCUT2D eigenvalue weighted by Crippen LogP contribution is -2.30. The molecule has 0 saturated carbocycles. The Kier molecular flexibility index (Phi) is 8.49. The standard InChI is InChI=1S/C14H24ClN3O2/c1-4-6-13-16-12(15)11-14(17-13)18(8-10-20-3)7-5-9-19-2/h11H,4-10H2,1-3H3. The van der Waals surface area contributed by atoms with Gasteiger partial charge < -0.3 is 14.4 Å². The maximum absolute atomic E-state index is 6.09. The zero-order valence-electron chi connectivity index (χ0n) is 12.6. The van der Waals surface area contributed by atoms with E-state index in [1.54, 1.807) is 14.2 Å². The molecular weight excluding hydrogens is 278 g/mol. The molecule has 0 aliphatic rings. The third-order valence-corrected chi connectivity index (χ3v) is 3.06. The van der Waals surface area contributed by atoms with Crippen molar-refractivity contribution in [3.8, 4) is 0 Å². The Morgan fingerprint density at radius 3 is 2.55 bits per heavy atom. The first-order valence-corrected chi connectivity index (χ1v) is 7.35. The Morgan fingerprint density at radius 1 is 1.15 bits per heavy atom. The molecule has 0 atom stereocenters. The molecule has 0 bridgehead atoms. The van der Waals surface area contributed by atoms with Gasteiger partial charge in [0.2, 0.25) is 0 Å². The highest BCUT2D eigenvalue weighted by Crippen LogP contribution is 2.17. The van der Waals surface area contributed by atoms with Gasteiger partial charge in [0.1, 0.15) is 16.8 Å². The molecule has 0 aromatic carbocycles. The van der Waals surface area contributed by atoms with Crippen LogP contribution in [-0.2, 0) is 15.9 Å². The summed E-state index contributed by atoms with van der Waals surface area (Å²) < 4.78 is 10.3. The Bertz CT molecular complexity index is 391. The number of rotatable bonds is 10. The second-order valence-corrected chi connectivity index (χ2v) is 4.93. The van der Waals surface area contributed by atoms with E-state index in [0.717, 1.165) is 50.6 Å². The fourth-order valence-corrected chi connectivity index (χ4v) is 2.09. The predicted molar refractivity (Wildman–Crippen MR) is 81.6 cm³/mol. The molecule has 6 heteroatoms. The van der Waals surface area contributed by atoms with Crippen molar-refractivity contribution in [3.05, 3.63) is 17.0 Å². The summed E-state index contributed by atoms with van der Waals surface area (Å²) >= 11 is 6.09. The van der Waals surface area contributed by atoms with Gasteiger partial charge in [0, 0.05) is 46.4 Å². The van der Waals surface area contributed by atoms with E-state index >= 15 is 0 Å². The topological polar surface area (TPSA) is 47.5 Å². The van der Waals surface area contributed by atoms with E-state index in [1.807, 2.05) is 6.07 Å². The van der Waals surface area contributed by atoms with E-state index in [2.05, 4.69) is 21.8 Å². The maximum Gasteiger partial charge on any atom is 0.134 e. The van der Waals surface area contributed by atoms with E-state index in [4.69, 9.17) is 21.1 Å². The third kappa shape index (κ3) is 6.03. The molecule has 1 aromatic heterocycles. The van der Waals surface area contributed by atoms with Crippen LogP contribution in [0.1, 0.15) is 25.6 Å². The summed E-state index contributed by atoms with van der Waals surface area (Å²) in [6.45, 7) is 5.11. The van der Waals surface area contributed by atoms with E-state index in [9.17, 15) is 0 Å². The number of aromatic nitrogens is 2. The van der Waals surface area contributed by atoms with Crippen molar-refractivity contribution >= 4 is 17.4 Å². The van der Waals surface area contributed by atoms with Crippen LogP contribution in [0.4, 0.5) is 5.82 Å². The minimum Gasteiger partial charge on any atom is -0.385 e. The van der Waals surface area contributed by atoms with Crippen LogP contribution < -0.4 is 4.90 Å². The number of ether oxygens (including phenoxy) is 2. The second-order valence-electron chi connectivity index (χ2n) is 4.54. The minimum atomic E-state index is 0.493. The van der Waals surface area contributed by atoms with Gasteiger partial charge in [-0.05, 0) is 12.8 Å². The largest absolute Gasteiger partial charge is 0.385 e. The molecule has 0 saturated heterocycles. The maximum atomic E-state index is 6.09. The average molecular weight is 302 g/mol. The van der Waals surface area contributed by atoms with Crippen LogP contribution in [0.3, 0.4) is 0 Å². The number of methoxy groups -OCH3 is 2. The summed E-state index contributed by atoms with van der Waals surface area (Å²) in [5.41, 5.74) is 0. The molecular formula is C14H24ClN3O2. The smallest absolute Gasteiger partial charge is 0.134 e. The molecule has 0 fully saturated rings. The van der Waals surface area contributed by atoms with Gasteiger partial charge in [-0.15, -0.1) is 0 Å². The average Bonchev–Trinajstić information content (AvgIpc) is 2.42. The fraction of sp³-hybridized carbons (Fsp3) is 0.714. The van der Waals surface area contributed by atoms with Crippen molar-refractivity contribution < 1.29 is 9.47 Å². The zero-order valence-corrected chi connectivity index (χ0v) is 13.3. The summed E-state index contributed by atoms with van der Waals surface area (Å²) in [5.74, 6) is 1.66. The summed E-state index contributed by atoms with van der Waals surface area (Å²) in [6, 6.07) is 1.81. The molecule has 0 N–H and O–H groups in total. The van der Waals surface area contributed by atoms with Gasteiger partial charge in [0.25, 0.3) is 0 Å². The summed E-state index contributed by atoms with van der Waals surface area (Å²) in [5, 5.41) is 0.493. The van der Waals surface area contributed by atoms with Crippen LogP contribution in [0.2, 0.25) is 5.15 Å². The third-order valence-electron chi connectivity index (χ3n) is 2.87. The van der Waals surface area contributed by atoms with Gasteiger partial charge in [-0.2, -0.15) is 0 Å². The van der Waals surface area contributed by atoms with Crippen LogP contribution in [-0.4, -0.2) is 50.5 Å². The molecule has 1 aromatic rings. The minimum absolute atomic E-state index is 0.493. The lowest BCUT2D eigenvalue weighted by atomic mass is 10.3. The van der Waals surface area contributed by atoms with Crippen molar-refractivity contribution in [2.45, 2.75) is 26.2 Å². The highest BCUT2D eigenvalue weighted by molar-refractivity contribution is 6.29. The lowest BCUT2D eigenvalue weighted by Gasteiger charge is -2.23. The van der Waals surface area contributed by atoms with Crippen LogP contribution in [0, 0.1) is 0 Å². The molecule has 114 valence electrons. The van der Waals surface area contributed by atoms with E-state index in [1.165, 1.54) is 0 Å². The van der Waals surface area contributed by atoms with Gasteiger partial charge in [-0.1, -0.05) is 18.5 Å². The number of halogens is 1. The van der Waals surface area contributed by atoms with Crippen LogP contribution in [0.25, 0.3) is 0 Å². The van der Waals surface area contributed by atoms with Crippen molar-refractivity contribution in [1.82, 2.24) is 9.97 Å². The van der Waals surface area contributed by atoms with Crippen LogP contribution in [0.5, 0.6) is 0 Å². The molecule has 0 radical (unpaired) electrons. The number of hydrogen-bond acceptors (Lipinski definition) is 5. The number of hydrogen-bond donors (Lipinski definition) is 0. The van der Waals surface area contributed by atoms with Gasteiger partial charge in [-0.3, -0.25) is 0 Å². The summed E-state index contributed by atoms with van der Waals surface area (Å²) in [7, 11) is 3.41. The van der Waals surface area contributed by atoms with Gasteiger partial charge in [-0.25, -0.2) is 9.97 Å². The quantitative estimate of drug-likeness (QED) is 0.491. The molecule has 0 amide bonds. The molecule has 1 rings (SSSR count). The molecule has 5 nitrogen and oxygen atoms in total. The van der Waals surface area contributed by atoms with Crippen molar-refractivity contribution in [2.24, 2.45) is 0 Å². The Morgan fingerprint density at radius 2 is 1.90 bits per heavy atom. The number of nitrogens with zero attached hydrogens (tertiary/aromatic N) is 3. The van der Waals surface area contributed by atoms with Crippen molar-refractivity contribution in [3.63, 3.8) is 0 Å². The van der Waals surface area contributed by atoms with Gasteiger partial charge in [0.05, 0.1) is 6.61 Å². The Labute approximate surface area is 126 Å². The molecule has 20 heavy (non-hydrogen) atoms. The molecule has 1 heterocycles. The highest BCUT2D eigenvalue weighted by Gasteiger charge is 2.11. The second kappa shape index (κ2) is 9.91. The Hall–Kier alpha value is -0.910. The van der Waals surface area contributed by atoms with Gasteiger partial charge >= 0.3 is 0 Å². The van der Waals surface area contributed by atoms with Crippen LogP contribution in [0.15, 0.2) is 6.07 Å². The van der Waals surface area contributed by atoms with E-state index < -0.39 is 0 Å². The number of aryl methyl sites for hydroxylation is 1. The predicted octanol–water partition coefficient (Wildman–Crippen LogP) is 2.57. The fourth-order valence-electron chi connectivity index (χ4n) is 1.89. The molecule has 0 aliphatic carbocycles. The van der Waals surface area contributed by atoms with Crippen molar-refractivity contribution in [1.29, 1.82) is 0 Å². The molecule has 0 aliphatic heterocycles. The van der Waals surface area contributed by atoms with E-state index in [0.29, 0.717) is 11.8 Å². The first-order valence-electron chi connectivity index (χ1n) is 6.97. The normalized spacial score (nSPS) is 10.8. The lowest BCUT2D eigenvalue weighted by molar-refractivity contribution is 0.191. The van der Waals surface area contributed by atoms with Gasteiger partial charge in [0.15, 0.2) is 0 Å². The first-order chi connectivity index (χ1) is 9.71. The van der Waals surface area contributed by atoms with E-state index in [-0.39, 0.29) is 0 Å². The van der Waals surface area contributed by atoms with Crippen LogP contribution >= 0.6 is 11.6 Å². The highest BCUT2D eigenvalue weighted by atomic mass is 35.5. The first kappa shape index (κ1) is 17.1. The molecule has 0 unspecified atom stereocenters. The molecule has 0 spiro atoms. The Balaban J connectivity index is 2.81. The van der Waals surface area contributed by atoms with Crippen molar-refractivity contribution in [2.75, 3.05) is 45.4 Å². The zero-order chi connectivity index (χ0) is 14.8. The summed E-state index contributed by atoms with van der Waals surface area (Å²) in [6.07, 6.45) is 2.77. The number of anilines is 1. The summed E-state index contributed by atoms with van der Waals surface area (Å²) in [4.78, 5) is 11.0. The SMILES string of the molecule is CCCc1nc(Cl)cc(N(CCCOC)CCOC)n1.